The van der Waals surface area contributed by atoms with Crippen LogP contribution in [-0.4, -0.2) is 17.7 Å². The molecular formula is C16H16ClNO3. The Morgan fingerprint density at radius 3 is 2.52 bits per heavy atom. The molecule has 0 heterocycles. The van der Waals surface area contributed by atoms with Crippen molar-refractivity contribution in [2.75, 3.05) is 11.9 Å². The number of halogens is 1. The Labute approximate surface area is 128 Å². The highest BCUT2D eigenvalue weighted by molar-refractivity contribution is 6.33. The Bertz CT molecular complexity index is 613. The van der Waals surface area contributed by atoms with Gasteiger partial charge in [0.2, 0.25) is 0 Å². The summed E-state index contributed by atoms with van der Waals surface area (Å²) >= 11 is 6.11. The number of para-hydroxylation sites is 1. The first-order chi connectivity index (χ1) is 10.1. The van der Waals surface area contributed by atoms with Gasteiger partial charge in [-0.1, -0.05) is 35.9 Å². The molecule has 0 radical (unpaired) electrons. The van der Waals surface area contributed by atoms with Crippen molar-refractivity contribution in [3.63, 3.8) is 0 Å². The second kappa shape index (κ2) is 6.99. The number of phenolic OH excluding ortho intramolecular Hbond substituents is 1. The zero-order valence-corrected chi connectivity index (χ0v) is 12.3. The van der Waals surface area contributed by atoms with Crippen molar-refractivity contribution in [1.29, 1.82) is 0 Å². The van der Waals surface area contributed by atoms with E-state index in [4.69, 9.17) is 16.3 Å². The van der Waals surface area contributed by atoms with E-state index in [0.29, 0.717) is 16.3 Å². The molecule has 21 heavy (non-hydrogen) atoms. The van der Waals surface area contributed by atoms with E-state index in [2.05, 4.69) is 5.32 Å². The van der Waals surface area contributed by atoms with Gasteiger partial charge in [0.15, 0.2) is 6.04 Å². The smallest absolute Gasteiger partial charge is 0.333 e. The molecule has 4 nitrogen and oxygen atoms in total. The number of esters is 1. The van der Waals surface area contributed by atoms with Gasteiger partial charge in [0.25, 0.3) is 0 Å². The summed E-state index contributed by atoms with van der Waals surface area (Å²) in [5.74, 6) is -0.262. The van der Waals surface area contributed by atoms with Crippen molar-refractivity contribution in [2.24, 2.45) is 0 Å². The van der Waals surface area contributed by atoms with Crippen LogP contribution in [0.15, 0.2) is 48.5 Å². The normalized spacial score (nSPS) is 11.7. The van der Waals surface area contributed by atoms with Gasteiger partial charge < -0.3 is 15.2 Å². The summed E-state index contributed by atoms with van der Waals surface area (Å²) in [6, 6.07) is 12.9. The van der Waals surface area contributed by atoms with Gasteiger partial charge in [-0.05, 0) is 36.8 Å². The number of rotatable bonds is 5. The van der Waals surface area contributed by atoms with Crippen LogP contribution < -0.4 is 5.32 Å². The van der Waals surface area contributed by atoms with Gasteiger partial charge in [-0.25, -0.2) is 4.79 Å². The Morgan fingerprint density at radius 1 is 1.24 bits per heavy atom. The molecule has 0 amide bonds. The third kappa shape index (κ3) is 3.89. The highest BCUT2D eigenvalue weighted by Gasteiger charge is 2.22. The molecule has 0 fully saturated rings. The molecule has 0 saturated heterocycles. The highest BCUT2D eigenvalue weighted by atomic mass is 35.5. The molecule has 110 valence electrons. The first kappa shape index (κ1) is 15.2. The molecule has 0 bridgehead atoms. The van der Waals surface area contributed by atoms with E-state index in [0.717, 1.165) is 0 Å². The van der Waals surface area contributed by atoms with Crippen LogP contribution in [0.3, 0.4) is 0 Å². The Kier molecular flexibility index (Phi) is 5.06. The van der Waals surface area contributed by atoms with Crippen LogP contribution in [0.25, 0.3) is 0 Å². The van der Waals surface area contributed by atoms with Crippen molar-refractivity contribution < 1.29 is 14.6 Å². The number of ether oxygens (including phenoxy) is 1. The molecule has 0 aliphatic carbocycles. The van der Waals surface area contributed by atoms with Crippen molar-refractivity contribution in [3.8, 4) is 5.75 Å². The molecule has 5 heteroatoms. The number of nitrogens with one attached hydrogen (secondary N) is 1. The molecule has 0 aromatic heterocycles. The summed E-state index contributed by atoms with van der Waals surface area (Å²) < 4.78 is 5.09. The molecule has 2 aromatic rings. The van der Waals surface area contributed by atoms with Gasteiger partial charge in [0.1, 0.15) is 5.75 Å². The summed E-state index contributed by atoms with van der Waals surface area (Å²) in [5.41, 5.74) is 1.33. The Balaban J connectivity index is 2.30. The Hall–Kier alpha value is -2.20. The topological polar surface area (TPSA) is 58.6 Å². The fourth-order valence-electron chi connectivity index (χ4n) is 1.90. The molecule has 0 aliphatic rings. The lowest BCUT2D eigenvalue weighted by Gasteiger charge is -2.19. The number of anilines is 1. The highest BCUT2D eigenvalue weighted by Crippen LogP contribution is 2.27. The van der Waals surface area contributed by atoms with Crippen LogP contribution in [0, 0.1) is 0 Å². The summed E-state index contributed by atoms with van der Waals surface area (Å²) in [5, 5.41) is 13.0. The quantitative estimate of drug-likeness (QED) is 0.826. The second-order valence-corrected chi connectivity index (χ2v) is 4.81. The van der Waals surface area contributed by atoms with E-state index in [-0.39, 0.29) is 12.4 Å². The third-order valence-corrected chi connectivity index (χ3v) is 3.25. The first-order valence-corrected chi connectivity index (χ1v) is 6.96. The molecule has 2 rings (SSSR count). The number of benzene rings is 2. The van der Waals surface area contributed by atoms with Crippen molar-refractivity contribution >= 4 is 23.3 Å². The number of carbonyl (C=O) groups is 1. The monoisotopic (exact) mass is 305 g/mol. The minimum atomic E-state index is -0.689. The zero-order chi connectivity index (χ0) is 15.2. The molecule has 1 unspecified atom stereocenters. The zero-order valence-electron chi connectivity index (χ0n) is 11.5. The van der Waals surface area contributed by atoms with Crippen LogP contribution in [0.1, 0.15) is 18.5 Å². The molecule has 0 spiro atoms. The fraction of sp³-hybridized carbons (Fsp3) is 0.188. The van der Waals surface area contributed by atoms with Crippen molar-refractivity contribution in [2.45, 2.75) is 13.0 Å². The molecule has 0 saturated carbocycles. The van der Waals surface area contributed by atoms with Crippen LogP contribution in [-0.2, 0) is 9.53 Å². The average molecular weight is 306 g/mol. The van der Waals surface area contributed by atoms with E-state index in [9.17, 15) is 9.90 Å². The minimum Gasteiger partial charge on any atom is -0.508 e. The maximum Gasteiger partial charge on any atom is 0.333 e. The minimum absolute atomic E-state index is 0.138. The summed E-state index contributed by atoms with van der Waals surface area (Å²) in [6.07, 6.45) is 0. The number of aromatic hydroxyl groups is 1. The van der Waals surface area contributed by atoms with E-state index >= 15 is 0 Å². The maximum absolute atomic E-state index is 12.2. The lowest BCUT2D eigenvalue weighted by atomic mass is 10.1. The Morgan fingerprint density at radius 2 is 1.90 bits per heavy atom. The SMILES string of the molecule is CCOC(=O)C(Nc1ccccc1Cl)c1ccc(O)cc1. The lowest BCUT2D eigenvalue weighted by Crippen LogP contribution is -2.23. The predicted octanol–water partition coefficient (Wildman–Crippen LogP) is 3.76. The van der Waals surface area contributed by atoms with Crippen LogP contribution >= 0.6 is 11.6 Å². The van der Waals surface area contributed by atoms with Gasteiger partial charge in [0.05, 0.1) is 17.3 Å². The molecule has 2 aromatic carbocycles. The van der Waals surface area contributed by atoms with E-state index < -0.39 is 12.0 Å². The average Bonchev–Trinajstić information content (AvgIpc) is 2.48. The maximum atomic E-state index is 12.2. The second-order valence-electron chi connectivity index (χ2n) is 4.40. The molecule has 0 aliphatic heterocycles. The van der Waals surface area contributed by atoms with Gasteiger partial charge in [0, 0.05) is 0 Å². The van der Waals surface area contributed by atoms with Crippen LogP contribution in [0.4, 0.5) is 5.69 Å². The fourth-order valence-corrected chi connectivity index (χ4v) is 2.09. The van der Waals surface area contributed by atoms with E-state index in [1.165, 1.54) is 12.1 Å². The third-order valence-electron chi connectivity index (χ3n) is 2.92. The van der Waals surface area contributed by atoms with Crippen molar-refractivity contribution in [3.05, 3.63) is 59.1 Å². The summed E-state index contributed by atoms with van der Waals surface area (Å²) in [7, 11) is 0. The molecule has 1 atom stereocenters. The van der Waals surface area contributed by atoms with Crippen LogP contribution in [0.5, 0.6) is 5.75 Å². The summed E-state index contributed by atoms with van der Waals surface area (Å²) in [6.45, 7) is 2.04. The number of hydrogen-bond acceptors (Lipinski definition) is 4. The van der Waals surface area contributed by atoms with E-state index in [1.807, 2.05) is 12.1 Å². The lowest BCUT2D eigenvalue weighted by molar-refractivity contribution is -0.144. The van der Waals surface area contributed by atoms with Crippen LogP contribution in [0.2, 0.25) is 5.02 Å². The van der Waals surface area contributed by atoms with Gasteiger partial charge >= 0.3 is 5.97 Å². The predicted molar refractivity (Wildman–Crippen MR) is 82.6 cm³/mol. The standard InChI is InChI=1S/C16H16ClNO3/c1-2-21-16(20)15(11-7-9-12(19)10-8-11)18-14-6-4-3-5-13(14)17/h3-10,15,18-19H,2H2,1H3. The largest absolute Gasteiger partial charge is 0.508 e. The van der Waals surface area contributed by atoms with Gasteiger partial charge in [-0.15, -0.1) is 0 Å². The number of carbonyl (C=O) groups excluding carboxylic acids is 1. The van der Waals surface area contributed by atoms with Crippen molar-refractivity contribution in [1.82, 2.24) is 0 Å². The summed E-state index contributed by atoms with van der Waals surface area (Å²) in [4.78, 5) is 12.2. The first-order valence-electron chi connectivity index (χ1n) is 6.58. The number of hydrogen-bond donors (Lipinski definition) is 2. The number of phenols is 1. The van der Waals surface area contributed by atoms with Gasteiger partial charge in [-0.3, -0.25) is 0 Å². The molecular weight excluding hydrogens is 290 g/mol. The molecule has 2 N–H and O–H groups in total. The van der Waals surface area contributed by atoms with E-state index in [1.54, 1.807) is 31.2 Å². The van der Waals surface area contributed by atoms with Gasteiger partial charge in [-0.2, -0.15) is 0 Å².